The summed E-state index contributed by atoms with van der Waals surface area (Å²) in [7, 11) is 5.87. The van der Waals surface area contributed by atoms with Gasteiger partial charge in [-0.2, -0.15) is 0 Å². The minimum atomic E-state index is 0.705. The van der Waals surface area contributed by atoms with Crippen LogP contribution in [0.3, 0.4) is 0 Å². The predicted octanol–water partition coefficient (Wildman–Crippen LogP) is 3.20. The largest absolute Gasteiger partial charge is 0.466 e. The number of aryl methyl sites for hydroxylation is 3. The van der Waals surface area contributed by atoms with Crippen LogP contribution in [0.25, 0.3) is 0 Å². The maximum atomic E-state index is 5.55. The van der Waals surface area contributed by atoms with Gasteiger partial charge in [-0.3, -0.25) is 4.99 Å². The Morgan fingerprint density at radius 2 is 2.14 bits per heavy atom. The first-order chi connectivity index (χ1) is 10.4. The molecule has 0 atom stereocenters. The van der Waals surface area contributed by atoms with E-state index >= 15 is 0 Å². The minimum absolute atomic E-state index is 0.705. The summed E-state index contributed by atoms with van der Waals surface area (Å²) in [4.78, 5) is 6.45. The van der Waals surface area contributed by atoms with Crippen LogP contribution >= 0.6 is 15.9 Å². The summed E-state index contributed by atoms with van der Waals surface area (Å²) in [6, 6.07) is 4.18. The van der Waals surface area contributed by atoms with Crippen LogP contribution in [0.15, 0.2) is 32.2 Å². The van der Waals surface area contributed by atoms with Gasteiger partial charge in [0.2, 0.25) is 0 Å². The zero-order chi connectivity index (χ0) is 16.3. The summed E-state index contributed by atoms with van der Waals surface area (Å²) in [5, 5.41) is 3.38. The molecule has 0 aromatic carbocycles. The van der Waals surface area contributed by atoms with Crippen molar-refractivity contribution in [1.82, 2.24) is 14.8 Å². The molecule has 6 heteroatoms. The monoisotopic (exact) mass is 366 g/mol. The number of furan rings is 1. The number of nitrogens with zero attached hydrogens (tertiary/aromatic N) is 3. The maximum Gasteiger partial charge on any atom is 0.194 e. The summed E-state index contributed by atoms with van der Waals surface area (Å²) < 4.78 is 8.75. The number of hydrogen-bond donors (Lipinski definition) is 1. The number of rotatable bonds is 4. The highest BCUT2D eigenvalue weighted by atomic mass is 79.9. The Balaban J connectivity index is 1.99. The maximum absolute atomic E-state index is 5.55. The molecule has 2 aromatic rings. The first-order valence-electron chi connectivity index (χ1n) is 7.19. The normalized spacial score (nSPS) is 11.8. The van der Waals surface area contributed by atoms with Gasteiger partial charge >= 0.3 is 0 Å². The fourth-order valence-corrected chi connectivity index (χ4v) is 3.03. The SMILES string of the molecule is CN=C(NCc1cc(C)oc1C)N(C)Cc1cc(Br)cn1C. The lowest BCUT2D eigenvalue weighted by Crippen LogP contribution is -2.38. The quantitative estimate of drug-likeness (QED) is 0.667. The minimum Gasteiger partial charge on any atom is -0.466 e. The molecule has 0 fully saturated rings. The van der Waals surface area contributed by atoms with E-state index in [1.807, 2.05) is 27.9 Å². The third kappa shape index (κ3) is 3.94. The molecule has 1 N–H and O–H groups in total. The Bertz CT molecular complexity index is 672. The highest BCUT2D eigenvalue weighted by Gasteiger charge is 2.11. The van der Waals surface area contributed by atoms with Gasteiger partial charge in [-0.25, -0.2) is 0 Å². The Morgan fingerprint density at radius 3 is 2.64 bits per heavy atom. The van der Waals surface area contributed by atoms with Crippen molar-refractivity contribution in [2.75, 3.05) is 14.1 Å². The van der Waals surface area contributed by atoms with Crippen LogP contribution in [0.1, 0.15) is 22.8 Å². The van der Waals surface area contributed by atoms with E-state index in [-0.39, 0.29) is 0 Å². The van der Waals surface area contributed by atoms with Crippen LogP contribution in [-0.4, -0.2) is 29.5 Å². The Hall–Kier alpha value is -1.69. The van der Waals surface area contributed by atoms with Crippen LogP contribution in [-0.2, 0) is 20.1 Å². The first kappa shape index (κ1) is 16.7. The molecule has 0 aliphatic rings. The molecule has 0 aliphatic heterocycles. The highest BCUT2D eigenvalue weighted by molar-refractivity contribution is 9.10. The lowest BCUT2D eigenvalue weighted by molar-refractivity contribution is 0.460. The van der Waals surface area contributed by atoms with Gasteiger partial charge in [0.25, 0.3) is 0 Å². The van der Waals surface area contributed by atoms with Crippen molar-refractivity contribution in [1.29, 1.82) is 0 Å². The molecule has 120 valence electrons. The number of guanidine groups is 1. The van der Waals surface area contributed by atoms with E-state index < -0.39 is 0 Å². The van der Waals surface area contributed by atoms with Crippen LogP contribution in [0, 0.1) is 13.8 Å². The number of aromatic nitrogens is 1. The highest BCUT2D eigenvalue weighted by Crippen LogP contribution is 2.15. The molecule has 0 saturated heterocycles. The van der Waals surface area contributed by atoms with Crippen molar-refractivity contribution < 1.29 is 4.42 Å². The molecule has 0 unspecified atom stereocenters. The van der Waals surface area contributed by atoms with Gasteiger partial charge < -0.3 is 19.2 Å². The van der Waals surface area contributed by atoms with E-state index in [9.17, 15) is 0 Å². The van der Waals surface area contributed by atoms with Gasteiger partial charge in [0, 0.05) is 49.6 Å². The molecule has 0 bridgehead atoms. The topological polar surface area (TPSA) is 45.7 Å². The summed E-state index contributed by atoms with van der Waals surface area (Å²) in [5.41, 5.74) is 2.38. The van der Waals surface area contributed by atoms with E-state index in [0.717, 1.165) is 34.1 Å². The zero-order valence-electron chi connectivity index (χ0n) is 13.8. The van der Waals surface area contributed by atoms with Gasteiger partial charge in [-0.15, -0.1) is 0 Å². The predicted molar refractivity (Wildman–Crippen MR) is 93.0 cm³/mol. The van der Waals surface area contributed by atoms with E-state index in [2.05, 4.69) is 54.0 Å². The lowest BCUT2D eigenvalue weighted by atomic mass is 10.2. The molecule has 22 heavy (non-hydrogen) atoms. The Morgan fingerprint density at radius 1 is 1.41 bits per heavy atom. The van der Waals surface area contributed by atoms with Crippen LogP contribution in [0.5, 0.6) is 0 Å². The smallest absolute Gasteiger partial charge is 0.194 e. The van der Waals surface area contributed by atoms with Gasteiger partial charge in [-0.05, 0) is 41.9 Å². The van der Waals surface area contributed by atoms with Crippen molar-refractivity contribution in [3.8, 4) is 0 Å². The van der Waals surface area contributed by atoms with Crippen molar-refractivity contribution in [3.05, 3.63) is 45.6 Å². The van der Waals surface area contributed by atoms with Crippen molar-refractivity contribution in [2.45, 2.75) is 26.9 Å². The van der Waals surface area contributed by atoms with E-state index in [1.54, 1.807) is 7.05 Å². The number of aliphatic imine (C=N–C) groups is 1. The molecule has 0 aliphatic carbocycles. The second-order valence-electron chi connectivity index (χ2n) is 5.46. The van der Waals surface area contributed by atoms with Gasteiger partial charge in [0.1, 0.15) is 11.5 Å². The van der Waals surface area contributed by atoms with Gasteiger partial charge in [0.15, 0.2) is 5.96 Å². The first-order valence-corrected chi connectivity index (χ1v) is 7.98. The van der Waals surface area contributed by atoms with Crippen LogP contribution in [0.4, 0.5) is 0 Å². The van der Waals surface area contributed by atoms with Crippen molar-refractivity contribution in [2.24, 2.45) is 12.0 Å². The third-order valence-electron chi connectivity index (χ3n) is 3.63. The second-order valence-corrected chi connectivity index (χ2v) is 6.37. The third-order valence-corrected chi connectivity index (χ3v) is 4.06. The zero-order valence-corrected chi connectivity index (χ0v) is 15.4. The standard InChI is InChI=1S/C16H23BrN4O/c1-11-6-13(12(2)22-11)8-19-16(18-3)21(5)10-15-7-14(17)9-20(15)4/h6-7,9H,8,10H2,1-5H3,(H,18,19). The molecule has 0 radical (unpaired) electrons. The lowest BCUT2D eigenvalue weighted by Gasteiger charge is -2.22. The molecule has 0 saturated carbocycles. The molecular weight excluding hydrogens is 344 g/mol. The fraction of sp³-hybridized carbons (Fsp3) is 0.438. The van der Waals surface area contributed by atoms with E-state index in [0.29, 0.717) is 6.54 Å². The number of halogens is 1. The summed E-state index contributed by atoms with van der Waals surface area (Å²) in [6.45, 7) is 5.44. The van der Waals surface area contributed by atoms with E-state index in [4.69, 9.17) is 4.42 Å². The van der Waals surface area contributed by atoms with Gasteiger partial charge in [0.05, 0.1) is 6.54 Å². The Kier molecular flexibility index (Phi) is 5.34. The average molecular weight is 367 g/mol. The van der Waals surface area contributed by atoms with E-state index in [1.165, 1.54) is 5.69 Å². The fourth-order valence-electron chi connectivity index (χ4n) is 2.46. The molecule has 0 spiro atoms. The summed E-state index contributed by atoms with van der Waals surface area (Å²) in [6.07, 6.45) is 2.05. The second kappa shape index (κ2) is 7.05. The molecule has 5 nitrogen and oxygen atoms in total. The molecule has 2 heterocycles. The van der Waals surface area contributed by atoms with Crippen LogP contribution in [0.2, 0.25) is 0 Å². The van der Waals surface area contributed by atoms with Crippen molar-refractivity contribution in [3.63, 3.8) is 0 Å². The van der Waals surface area contributed by atoms with Crippen LogP contribution < -0.4 is 5.32 Å². The summed E-state index contributed by atoms with van der Waals surface area (Å²) >= 11 is 3.50. The van der Waals surface area contributed by atoms with Gasteiger partial charge in [-0.1, -0.05) is 0 Å². The Labute approximate surface area is 140 Å². The number of hydrogen-bond acceptors (Lipinski definition) is 2. The molecule has 2 rings (SSSR count). The van der Waals surface area contributed by atoms with Crippen molar-refractivity contribution >= 4 is 21.9 Å². The summed E-state index contributed by atoms with van der Waals surface area (Å²) in [5.74, 6) is 2.75. The molecular formula is C16H23BrN4O. The average Bonchev–Trinajstić information content (AvgIpc) is 2.92. The molecule has 0 amide bonds. The molecule has 2 aromatic heterocycles. The number of nitrogens with one attached hydrogen (secondary N) is 1.